The summed E-state index contributed by atoms with van der Waals surface area (Å²) >= 11 is 5.64. The lowest BCUT2D eigenvalue weighted by molar-refractivity contribution is 0.569. The highest BCUT2D eigenvalue weighted by molar-refractivity contribution is 6.30. The molecule has 1 unspecified atom stereocenters. The summed E-state index contributed by atoms with van der Waals surface area (Å²) in [7, 11) is 0. The summed E-state index contributed by atoms with van der Waals surface area (Å²) in [6.45, 7) is 2.70. The van der Waals surface area contributed by atoms with E-state index in [9.17, 15) is 4.39 Å². The molecule has 0 spiro atoms. The first kappa shape index (κ1) is 13.1. The van der Waals surface area contributed by atoms with Gasteiger partial charge in [0.25, 0.3) is 0 Å². The van der Waals surface area contributed by atoms with Crippen LogP contribution in [-0.2, 0) is 6.54 Å². The van der Waals surface area contributed by atoms with E-state index in [0.29, 0.717) is 6.54 Å². The Morgan fingerprint density at radius 2 is 1.89 bits per heavy atom. The van der Waals surface area contributed by atoms with E-state index in [0.717, 1.165) is 5.56 Å². The lowest BCUT2D eigenvalue weighted by Gasteiger charge is -2.14. The molecule has 1 atom stereocenters. The maximum Gasteiger partial charge on any atom is 0.142 e. The van der Waals surface area contributed by atoms with Crippen molar-refractivity contribution in [1.82, 2.24) is 5.32 Å². The number of hydrogen-bond donors (Lipinski definition) is 1. The first-order valence-electron chi connectivity index (χ1n) is 5.89. The average Bonchev–Trinajstić information content (AvgIpc) is 2.41. The van der Waals surface area contributed by atoms with Crippen LogP contribution in [0.3, 0.4) is 0 Å². The summed E-state index contributed by atoms with van der Waals surface area (Å²) < 4.78 is 13.3. The van der Waals surface area contributed by atoms with E-state index in [2.05, 4.69) is 24.4 Å². The van der Waals surface area contributed by atoms with Crippen LogP contribution < -0.4 is 5.32 Å². The van der Waals surface area contributed by atoms with Gasteiger partial charge in [0.2, 0.25) is 0 Å². The molecule has 0 bridgehead atoms. The van der Waals surface area contributed by atoms with Crippen LogP contribution >= 0.6 is 11.6 Å². The highest BCUT2D eigenvalue weighted by atomic mass is 35.5. The van der Waals surface area contributed by atoms with E-state index in [-0.39, 0.29) is 16.9 Å². The number of halogens is 2. The van der Waals surface area contributed by atoms with Crippen LogP contribution in [0.15, 0.2) is 48.5 Å². The number of hydrogen-bond acceptors (Lipinski definition) is 1. The highest BCUT2D eigenvalue weighted by Crippen LogP contribution is 2.17. The summed E-state index contributed by atoms with van der Waals surface area (Å²) in [6.07, 6.45) is 0. The maximum absolute atomic E-state index is 13.3. The van der Waals surface area contributed by atoms with Gasteiger partial charge in [0.1, 0.15) is 5.82 Å². The van der Waals surface area contributed by atoms with Crippen LogP contribution in [0, 0.1) is 5.82 Å². The molecule has 94 valence electrons. The fourth-order valence-corrected chi connectivity index (χ4v) is 1.90. The molecule has 0 aliphatic carbocycles. The zero-order valence-electron chi connectivity index (χ0n) is 10.2. The first-order chi connectivity index (χ1) is 8.66. The predicted octanol–water partition coefficient (Wildman–Crippen LogP) is 4.33. The third-order valence-corrected chi connectivity index (χ3v) is 3.20. The average molecular weight is 264 g/mol. The van der Waals surface area contributed by atoms with Crippen molar-refractivity contribution < 1.29 is 4.39 Å². The van der Waals surface area contributed by atoms with Crippen molar-refractivity contribution in [3.63, 3.8) is 0 Å². The Bertz CT molecular complexity index is 513. The normalized spacial score (nSPS) is 12.4. The number of benzene rings is 2. The van der Waals surface area contributed by atoms with Crippen molar-refractivity contribution in [3.05, 3.63) is 70.5 Å². The molecular formula is C15H15ClFN. The van der Waals surface area contributed by atoms with Gasteiger partial charge in [-0.1, -0.05) is 48.0 Å². The highest BCUT2D eigenvalue weighted by Gasteiger charge is 2.05. The lowest BCUT2D eigenvalue weighted by Crippen LogP contribution is -2.18. The van der Waals surface area contributed by atoms with Gasteiger partial charge in [-0.05, 0) is 30.2 Å². The van der Waals surface area contributed by atoms with Gasteiger partial charge in [0, 0.05) is 12.6 Å². The Morgan fingerprint density at radius 3 is 2.56 bits per heavy atom. The van der Waals surface area contributed by atoms with Gasteiger partial charge in [0.15, 0.2) is 0 Å². The van der Waals surface area contributed by atoms with Gasteiger partial charge in [-0.2, -0.15) is 0 Å². The fraction of sp³-hybridized carbons (Fsp3) is 0.200. The molecule has 2 aromatic rings. The van der Waals surface area contributed by atoms with Gasteiger partial charge < -0.3 is 5.32 Å². The zero-order valence-corrected chi connectivity index (χ0v) is 10.9. The van der Waals surface area contributed by atoms with E-state index in [4.69, 9.17) is 11.6 Å². The van der Waals surface area contributed by atoms with Gasteiger partial charge >= 0.3 is 0 Å². The van der Waals surface area contributed by atoms with Crippen molar-refractivity contribution in [3.8, 4) is 0 Å². The summed E-state index contributed by atoms with van der Waals surface area (Å²) in [4.78, 5) is 0. The minimum atomic E-state index is -0.372. The van der Waals surface area contributed by atoms with Crippen molar-refractivity contribution in [1.29, 1.82) is 0 Å². The molecule has 0 saturated carbocycles. The van der Waals surface area contributed by atoms with E-state index < -0.39 is 0 Å². The molecule has 0 aliphatic heterocycles. The SMILES string of the molecule is CC(NCc1ccc(Cl)c(F)c1)c1ccccc1. The first-order valence-corrected chi connectivity index (χ1v) is 6.27. The van der Waals surface area contributed by atoms with Gasteiger partial charge in [-0.15, -0.1) is 0 Å². The van der Waals surface area contributed by atoms with Crippen LogP contribution in [0.2, 0.25) is 5.02 Å². The Balaban J connectivity index is 1.97. The summed E-state index contributed by atoms with van der Waals surface area (Å²) in [5, 5.41) is 3.51. The molecule has 1 N–H and O–H groups in total. The predicted molar refractivity (Wildman–Crippen MR) is 73.1 cm³/mol. The summed E-state index contributed by atoms with van der Waals surface area (Å²) in [6, 6.07) is 15.3. The largest absolute Gasteiger partial charge is 0.306 e. The lowest BCUT2D eigenvalue weighted by atomic mass is 10.1. The number of nitrogens with one attached hydrogen (secondary N) is 1. The number of rotatable bonds is 4. The second-order valence-electron chi connectivity index (χ2n) is 4.26. The van der Waals surface area contributed by atoms with Gasteiger partial charge in [-0.3, -0.25) is 0 Å². The molecule has 0 saturated heterocycles. The molecule has 0 amide bonds. The third kappa shape index (κ3) is 3.31. The molecule has 0 radical (unpaired) electrons. The topological polar surface area (TPSA) is 12.0 Å². The molecule has 0 heterocycles. The maximum atomic E-state index is 13.3. The summed E-state index contributed by atoms with van der Waals surface area (Å²) in [5.74, 6) is -0.372. The Hall–Kier alpha value is -1.38. The molecule has 2 aromatic carbocycles. The molecule has 1 nitrogen and oxygen atoms in total. The molecule has 18 heavy (non-hydrogen) atoms. The van der Waals surface area contributed by atoms with Crippen molar-refractivity contribution in [2.24, 2.45) is 0 Å². The Labute approximate surface area is 112 Å². The van der Waals surface area contributed by atoms with E-state index in [1.807, 2.05) is 24.3 Å². The zero-order chi connectivity index (χ0) is 13.0. The van der Waals surface area contributed by atoms with Crippen molar-refractivity contribution >= 4 is 11.6 Å². The molecule has 0 aromatic heterocycles. The van der Waals surface area contributed by atoms with Crippen molar-refractivity contribution in [2.45, 2.75) is 19.5 Å². The summed E-state index contributed by atoms with van der Waals surface area (Å²) in [5.41, 5.74) is 2.10. The fourth-order valence-electron chi connectivity index (χ4n) is 1.78. The molecule has 0 fully saturated rings. The van der Waals surface area contributed by atoms with Gasteiger partial charge in [-0.25, -0.2) is 4.39 Å². The Morgan fingerprint density at radius 1 is 1.17 bits per heavy atom. The van der Waals surface area contributed by atoms with Crippen molar-refractivity contribution in [2.75, 3.05) is 0 Å². The minimum Gasteiger partial charge on any atom is -0.306 e. The quantitative estimate of drug-likeness (QED) is 0.866. The van der Waals surface area contributed by atoms with E-state index in [1.54, 1.807) is 6.07 Å². The smallest absolute Gasteiger partial charge is 0.142 e. The van der Waals surface area contributed by atoms with Crippen LogP contribution in [0.5, 0.6) is 0 Å². The van der Waals surface area contributed by atoms with Crippen LogP contribution in [0.4, 0.5) is 4.39 Å². The second-order valence-corrected chi connectivity index (χ2v) is 4.67. The molecular weight excluding hydrogens is 249 g/mol. The monoisotopic (exact) mass is 263 g/mol. The Kier molecular flexibility index (Phi) is 4.34. The van der Waals surface area contributed by atoms with Crippen LogP contribution in [-0.4, -0.2) is 0 Å². The molecule has 3 heteroatoms. The van der Waals surface area contributed by atoms with Gasteiger partial charge in [0.05, 0.1) is 5.02 Å². The second kappa shape index (κ2) is 5.98. The van der Waals surface area contributed by atoms with Crippen LogP contribution in [0.1, 0.15) is 24.1 Å². The molecule has 2 rings (SSSR count). The standard InChI is InChI=1S/C15H15ClFN/c1-11(13-5-3-2-4-6-13)18-10-12-7-8-14(16)15(17)9-12/h2-9,11,18H,10H2,1H3. The third-order valence-electron chi connectivity index (χ3n) is 2.90. The van der Waals surface area contributed by atoms with Crippen LogP contribution in [0.25, 0.3) is 0 Å². The minimum absolute atomic E-state index is 0.162. The van der Waals surface area contributed by atoms with E-state index in [1.165, 1.54) is 11.6 Å². The molecule has 0 aliphatic rings. The van der Waals surface area contributed by atoms with E-state index >= 15 is 0 Å².